The molecule has 0 saturated carbocycles. The number of nitrogens with one attached hydrogen (secondary N) is 1. The maximum Gasteiger partial charge on any atom is 0.274 e. The fourth-order valence-corrected chi connectivity index (χ4v) is 2.10. The standard InChI is InChI=1S/C14H21N3O3/c1-4-14(5-2,9-15)13(18)16-11-7-6-10(3)12(8-11)17(19)20/h6-8H,4-5,9,15H2,1-3H3,(H,16,18). The van der Waals surface area contributed by atoms with E-state index in [1.165, 1.54) is 6.07 Å². The van der Waals surface area contributed by atoms with E-state index in [4.69, 9.17) is 5.73 Å². The summed E-state index contributed by atoms with van der Waals surface area (Å²) in [6.07, 6.45) is 1.25. The Morgan fingerprint density at radius 3 is 2.45 bits per heavy atom. The highest BCUT2D eigenvalue weighted by Gasteiger charge is 2.33. The number of carbonyl (C=O) groups is 1. The summed E-state index contributed by atoms with van der Waals surface area (Å²) in [5.74, 6) is -0.192. The van der Waals surface area contributed by atoms with Crippen LogP contribution in [0.2, 0.25) is 0 Å². The van der Waals surface area contributed by atoms with Crippen LogP contribution in [0.25, 0.3) is 0 Å². The van der Waals surface area contributed by atoms with Crippen molar-refractivity contribution < 1.29 is 9.72 Å². The monoisotopic (exact) mass is 279 g/mol. The van der Waals surface area contributed by atoms with Gasteiger partial charge in [-0.1, -0.05) is 19.9 Å². The third-order valence-electron chi connectivity index (χ3n) is 3.89. The lowest BCUT2D eigenvalue weighted by molar-refractivity contribution is -0.385. The van der Waals surface area contributed by atoms with Gasteiger partial charge in [0.15, 0.2) is 0 Å². The maximum absolute atomic E-state index is 12.3. The second-order valence-electron chi connectivity index (χ2n) is 4.90. The third-order valence-corrected chi connectivity index (χ3v) is 3.89. The Bertz CT molecular complexity index is 502. The molecule has 0 heterocycles. The number of nitro groups is 1. The van der Waals surface area contributed by atoms with Gasteiger partial charge in [0.25, 0.3) is 5.69 Å². The van der Waals surface area contributed by atoms with Crippen molar-refractivity contribution in [1.82, 2.24) is 0 Å². The topological polar surface area (TPSA) is 98.3 Å². The second kappa shape index (κ2) is 6.47. The summed E-state index contributed by atoms with van der Waals surface area (Å²) in [4.78, 5) is 22.8. The van der Waals surface area contributed by atoms with E-state index in [0.717, 1.165) is 0 Å². The van der Waals surface area contributed by atoms with Gasteiger partial charge in [0.2, 0.25) is 5.91 Å². The quantitative estimate of drug-likeness (QED) is 0.617. The number of amides is 1. The largest absolute Gasteiger partial charge is 0.329 e. The van der Waals surface area contributed by atoms with Gasteiger partial charge in [0.05, 0.1) is 10.3 Å². The Labute approximate surface area is 118 Å². The molecule has 0 atom stereocenters. The van der Waals surface area contributed by atoms with Crippen LogP contribution in [0.4, 0.5) is 11.4 Å². The van der Waals surface area contributed by atoms with E-state index in [2.05, 4.69) is 5.32 Å². The van der Waals surface area contributed by atoms with Gasteiger partial charge in [0.1, 0.15) is 0 Å². The Kier molecular flexibility index (Phi) is 5.21. The summed E-state index contributed by atoms with van der Waals surface area (Å²) in [6.45, 7) is 5.73. The van der Waals surface area contributed by atoms with E-state index < -0.39 is 10.3 Å². The molecule has 0 spiro atoms. The highest BCUT2D eigenvalue weighted by Crippen LogP contribution is 2.28. The van der Waals surface area contributed by atoms with Crippen LogP contribution in [0.5, 0.6) is 0 Å². The summed E-state index contributed by atoms with van der Waals surface area (Å²) in [7, 11) is 0. The molecule has 1 aromatic rings. The van der Waals surface area contributed by atoms with Crippen molar-refractivity contribution in [3.8, 4) is 0 Å². The molecule has 0 radical (unpaired) electrons. The molecule has 20 heavy (non-hydrogen) atoms. The molecule has 6 heteroatoms. The van der Waals surface area contributed by atoms with Crippen LogP contribution < -0.4 is 11.1 Å². The molecule has 1 rings (SSSR count). The SMILES string of the molecule is CCC(CC)(CN)C(=O)Nc1ccc(C)c([N+](=O)[O-])c1. The highest BCUT2D eigenvalue weighted by molar-refractivity contribution is 5.95. The van der Waals surface area contributed by atoms with Crippen molar-refractivity contribution in [1.29, 1.82) is 0 Å². The first-order chi connectivity index (χ1) is 9.40. The zero-order valence-corrected chi connectivity index (χ0v) is 12.1. The third kappa shape index (κ3) is 3.14. The number of carbonyl (C=O) groups excluding carboxylic acids is 1. The van der Waals surface area contributed by atoms with Gasteiger partial charge < -0.3 is 11.1 Å². The first kappa shape index (κ1) is 16.1. The van der Waals surface area contributed by atoms with Gasteiger partial charge in [-0.05, 0) is 25.8 Å². The van der Waals surface area contributed by atoms with Crippen LogP contribution in [0.15, 0.2) is 18.2 Å². The van der Waals surface area contributed by atoms with E-state index >= 15 is 0 Å². The molecule has 0 aliphatic heterocycles. The van der Waals surface area contributed by atoms with Crippen LogP contribution >= 0.6 is 0 Å². The fourth-order valence-electron chi connectivity index (χ4n) is 2.10. The smallest absolute Gasteiger partial charge is 0.274 e. The van der Waals surface area contributed by atoms with Gasteiger partial charge in [-0.3, -0.25) is 14.9 Å². The normalized spacial score (nSPS) is 11.2. The molecule has 0 aliphatic rings. The molecule has 1 aromatic carbocycles. The summed E-state index contributed by atoms with van der Waals surface area (Å²) in [5, 5.41) is 13.6. The number of benzene rings is 1. The van der Waals surface area contributed by atoms with Crippen LogP contribution in [-0.2, 0) is 4.79 Å². The van der Waals surface area contributed by atoms with Gasteiger partial charge in [0, 0.05) is 23.9 Å². The highest BCUT2D eigenvalue weighted by atomic mass is 16.6. The van der Waals surface area contributed by atoms with Crippen molar-refractivity contribution in [2.45, 2.75) is 33.6 Å². The molecule has 110 valence electrons. The number of hydrogen-bond acceptors (Lipinski definition) is 4. The number of aryl methyl sites for hydroxylation is 1. The summed E-state index contributed by atoms with van der Waals surface area (Å²) < 4.78 is 0. The van der Waals surface area contributed by atoms with Crippen LogP contribution in [-0.4, -0.2) is 17.4 Å². The first-order valence-corrected chi connectivity index (χ1v) is 6.66. The average molecular weight is 279 g/mol. The predicted octanol–water partition coefficient (Wildman–Crippen LogP) is 2.61. The van der Waals surface area contributed by atoms with Crippen molar-refractivity contribution in [2.75, 3.05) is 11.9 Å². The molecule has 6 nitrogen and oxygen atoms in total. The number of rotatable bonds is 6. The van der Waals surface area contributed by atoms with Crippen LogP contribution in [0, 0.1) is 22.5 Å². The Hall–Kier alpha value is -1.95. The lowest BCUT2D eigenvalue weighted by Crippen LogP contribution is -2.41. The van der Waals surface area contributed by atoms with Gasteiger partial charge >= 0.3 is 0 Å². The minimum absolute atomic E-state index is 0.00542. The summed E-state index contributed by atoms with van der Waals surface area (Å²) in [6, 6.07) is 4.66. The number of nitrogens with zero attached hydrogens (tertiary/aromatic N) is 1. The molecule has 0 aliphatic carbocycles. The van der Waals surface area contributed by atoms with Crippen molar-refractivity contribution >= 4 is 17.3 Å². The molecule has 0 aromatic heterocycles. The maximum atomic E-state index is 12.3. The average Bonchev–Trinajstić information content (AvgIpc) is 2.43. The zero-order valence-electron chi connectivity index (χ0n) is 12.1. The van der Waals surface area contributed by atoms with E-state index in [0.29, 0.717) is 24.1 Å². The molecular weight excluding hydrogens is 258 g/mol. The van der Waals surface area contributed by atoms with E-state index in [-0.39, 0.29) is 18.1 Å². The van der Waals surface area contributed by atoms with Crippen molar-refractivity contribution in [3.05, 3.63) is 33.9 Å². The Balaban J connectivity index is 3.02. The zero-order chi connectivity index (χ0) is 15.3. The van der Waals surface area contributed by atoms with E-state index in [9.17, 15) is 14.9 Å². The van der Waals surface area contributed by atoms with Gasteiger partial charge in [-0.25, -0.2) is 0 Å². The number of nitrogens with two attached hydrogens (primary N) is 1. The molecule has 1 amide bonds. The molecule has 3 N–H and O–H groups in total. The van der Waals surface area contributed by atoms with E-state index in [1.54, 1.807) is 19.1 Å². The molecule has 0 saturated heterocycles. The summed E-state index contributed by atoms with van der Waals surface area (Å²) >= 11 is 0. The minimum Gasteiger partial charge on any atom is -0.329 e. The van der Waals surface area contributed by atoms with Gasteiger partial charge in [-0.2, -0.15) is 0 Å². The minimum atomic E-state index is -0.625. The molecular formula is C14H21N3O3. The Morgan fingerprint density at radius 2 is 2.00 bits per heavy atom. The lowest BCUT2D eigenvalue weighted by Gasteiger charge is -2.28. The molecule has 0 unspecified atom stereocenters. The van der Waals surface area contributed by atoms with E-state index in [1.807, 2.05) is 13.8 Å². The number of nitro benzene ring substituents is 1. The molecule has 0 bridgehead atoms. The van der Waals surface area contributed by atoms with Gasteiger partial charge in [-0.15, -0.1) is 0 Å². The number of hydrogen-bond donors (Lipinski definition) is 2. The fraction of sp³-hybridized carbons (Fsp3) is 0.500. The Morgan fingerprint density at radius 1 is 1.40 bits per heavy atom. The predicted molar refractivity (Wildman–Crippen MR) is 78.5 cm³/mol. The van der Waals surface area contributed by atoms with Crippen molar-refractivity contribution in [2.24, 2.45) is 11.1 Å². The second-order valence-corrected chi connectivity index (χ2v) is 4.90. The molecule has 0 fully saturated rings. The first-order valence-electron chi connectivity index (χ1n) is 6.66. The number of anilines is 1. The summed E-state index contributed by atoms with van der Waals surface area (Å²) in [5.41, 5.74) is 6.07. The van der Waals surface area contributed by atoms with Crippen molar-refractivity contribution in [3.63, 3.8) is 0 Å². The van der Waals surface area contributed by atoms with Crippen LogP contribution in [0.3, 0.4) is 0 Å². The lowest BCUT2D eigenvalue weighted by atomic mass is 9.81. The van der Waals surface area contributed by atoms with Crippen LogP contribution in [0.1, 0.15) is 32.3 Å².